The van der Waals surface area contributed by atoms with E-state index < -0.39 is 0 Å². The lowest BCUT2D eigenvalue weighted by molar-refractivity contribution is 0.185. The van der Waals surface area contributed by atoms with Gasteiger partial charge < -0.3 is 20.1 Å². The second-order valence-electron chi connectivity index (χ2n) is 5.53. The molecule has 0 amide bonds. The number of para-hydroxylation sites is 1. The van der Waals surface area contributed by atoms with E-state index in [1.807, 2.05) is 30.3 Å². The van der Waals surface area contributed by atoms with Crippen LogP contribution in [0.2, 0.25) is 0 Å². The molecule has 0 unspecified atom stereocenters. The highest BCUT2D eigenvalue weighted by Gasteiger charge is 1.99. The summed E-state index contributed by atoms with van der Waals surface area (Å²) in [6.45, 7) is 5.40. The smallest absolute Gasteiger partial charge is 0.191 e. The van der Waals surface area contributed by atoms with Crippen LogP contribution in [0.3, 0.4) is 0 Å². The number of nitrogens with one attached hydrogen (secondary N) is 2. The lowest BCUT2D eigenvalue weighted by Crippen LogP contribution is -2.39. The lowest BCUT2D eigenvalue weighted by atomic mass is 10.1. The fourth-order valence-electron chi connectivity index (χ4n) is 2.27. The Balaban J connectivity index is 1.79. The molecule has 0 aliphatic carbocycles. The van der Waals surface area contributed by atoms with Crippen LogP contribution in [0.25, 0.3) is 0 Å². The average molecular weight is 341 g/mol. The van der Waals surface area contributed by atoms with Gasteiger partial charge in [0.05, 0.1) is 19.7 Å². The van der Waals surface area contributed by atoms with E-state index in [-0.39, 0.29) is 0 Å². The molecular weight excluding hydrogens is 314 g/mol. The Labute approximate surface area is 150 Å². The maximum absolute atomic E-state index is 5.68. The number of aliphatic imine (C=N–C) groups is 1. The number of rotatable bonds is 9. The summed E-state index contributed by atoms with van der Waals surface area (Å²) in [5.41, 5.74) is 2.33. The molecule has 25 heavy (non-hydrogen) atoms. The summed E-state index contributed by atoms with van der Waals surface area (Å²) in [6.07, 6.45) is 0. The minimum absolute atomic E-state index is 0.583. The van der Waals surface area contributed by atoms with Crippen LogP contribution in [0.1, 0.15) is 18.1 Å². The molecule has 0 atom stereocenters. The highest BCUT2D eigenvalue weighted by atomic mass is 16.5. The molecule has 5 nitrogen and oxygen atoms in total. The molecule has 0 aromatic heterocycles. The van der Waals surface area contributed by atoms with Gasteiger partial charge in [-0.3, -0.25) is 0 Å². The van der Waals surface area contributed by atoms with E-state index in [4.69, 9.17) is 9.47 Å². The predicted molar refractivity (Wildman–Crippen MR) is 102 cm³/mol. The predicted octanol–water partition coefficient (Wildman–Crippen LogP) is 2.97. The first-order valence-electron chi connectivity index (χ1n) is 8.58. The first-order valence-corrected chi connectivity index (χ1v) is 8.58. The summed E-state index contributed by atoms with van der Waals surface area (Å²) in [5, 5.41) is 6.53. The van der Waals surface area contributed by atoms with Crippen molar-refractivity contribution >= 4 is 5.96 Å². The van der Waals surface area contributed by atoms with E-state index in [0.717, 1.165) is 23.8 Å². The van der Waals surface area contributed by atoms with Crippen LogP contribution < -0.4 is 15.4 Å². The monoisotopic (exact) mass is 341 g/mol. The van der Waals surface area contributed by atoms with Crippen LogP contribution in [0.15, 0.2) is 59.6 Å². The van der Waals surface area contributed by atoms with E-state index in [0.29, 0.717) is 26.3 Å². The number of guanidine groups is 1. The number of hydrogen-bond donors (Lipinski definition) is 2. The van der Waals surface area contributed by atoms with Gasteiger partial charge in [-0.25, -0.2) is 4.99 Å². The van der Waals surface area contributed by atoms with Gasteiger partial charge in [0.15, 0.2) is 5.96 Å². The van der Waals surface area contributed by atoms with Crippen LogP contribution in [0.4, 0.5) is 0 Å². The van der Waals surface area contributed by atoms with Gasteiger partial charge in [0.1, 0.15) is 12.4 Å². The highest BCUT2D eigenvalue weighted by Crippen LogP contribution is 2.08. The highest BCUT2D eigenvalue weighted by molar-refractivity contribution is 5.79. The van der Waals surface area contributed by atoms with Gasteiger partial charge in [-0.05, 0) is 30.2 Å². The van der Waals surface area contributed by atoms with Gasteiger partial charge in [-0.1, -0.05) is 42.5 Å². The molecular formula is C20H27N3O2. The number of hydrogen-bond acceptors (Lipinski definition) is 3. The molecule has 0 radical (unpaired) electrons. The zero-order chi connectivity index (χ0) is 17.7. The van der Waals surface area contributed by atoms with E-state index in [2.05, 4.69) is 46.8 Å². The Bertz CT molecular complexity index is 627. The van der Waals surface area contributed by atoms with Crippen molar-refractivity contribution in [1.29, 1.82) is 0 Å². The molecule has 0 fully saturated rings. The number of methoxy groups -OCH3 is 1. The van der Waals surface area contributed by atoms with Gasteiger partial charge in [0.25, 0.3) is 0 Å². The van der Waals surface area contributed by atoms with Gasteiger partial charge in [-0.15, -0.1) is 0 Å². The summed E-state index contributed by atoms with van der Waals surface area (Å²) >= 11 is 0. The molecule has 0 bridgehead atoms. The second-order valence-corrected chi connectivity index (χ2v) is 5.53. The van der Waals surface area contributed by atoms with Crippen molar-refractivity contribution in [3.8, 4) is 5.75 Å². The van der Waals surface area contributed by atoms with Crippen molar-refractivity contribution in [2.75, 3.05) is 26.8 Å². The summed E-state index contributed by atoms with van der Waals surface area (Å²) in [4.78, 5) is 4.61. The maximum atomic E-state index is 5.68. The SMILES string of the molecule is CCNC(=NCc1ccc(COC)cc1)NCCOc1ccccc1. The molecule has 2 N–H and O–H groups in total. The van der Waals surface area contributed by atoms with Crippen LogP contribution in [0.5, 0.6) is 5.75 Å². The van der Waals surface area contributed by atoms with Crippen molar-refractivity contribution in [2.24, 2.45) is 4.99 Å². The van der Waals surface area contributed by atoms with Gasteiger partial charge in [0.2, 0.25) is 0 Å². The summed E-state index contributed by atoms with van der Waals surface area (Å²) in [7, 11) is 1.70. The van der Waals surface area contributed by atoms with Crippen LogP contribution in [-0.2, 0) is 17.9 Å². The van der Waals surface area contributed by atoms with Crippen molar-refractivity contribution in [1.82, 2.24) is 10.6 Å². The van der Waals surface area contributed by atoms with Crippen molar-refractivity contribution in [2.45, 2.75) is 20.1 Å². The number of ether oxygens (including phenoxy) is 2. The Hall–Kier alpha value is -2.53. The minimum Gasteiger partial charge on any atom is -0.492 e. The van der Waals surface area contributed by atoms with Gasteiger partial charge in [-0.2, -0.15) is 0 Å². The Kier molecular flexibility index (Phi) is 8.35. The summed E-state index contributed by atoms with van der Waals surface area (Å²) < 4.78 is 10.8. The molecule has 2 aromatic carbocycles. The van der Waals surface area contributed by atoms with Crippen LogP contribution >= 0.6 is 0 Å². The molecule has 0 spiro atoms. The zero-order valence-corrected chi connectivity index (χ0v) is 15.0. The third kappa shape index (κ3) is 7.27. The third-order valence-electron chi connectivity index (χ3n) is 3.50. The zero-order valence-electron chi connectivity index (χ0n) is 15.0. The molecule has 0 saturated carbocycles. The minimum atomic E-state index is 0.583. The topological polar surface area (TPSA) is 54.9 Å². The Morgan fingerprint density at radius 1 is 0.960 bits per heavy atom. The second kappa shape index (κ2) is 11.1. The summed E-state index contributed by atoms with van der Waals surface area (Å²) in [5.74, 6) is 1.67. The van der Waals surface area contributed by atoms with Crippen LogP contribution in [-0.4, -0.2) is 32.8 Å². The fraction of sp³-hybridized carbons (Fsp3) is 0.350. The largest absolute Gasteiger partial charge is 0.492 e. The number of nitrogens with zero attached hydrogens (tertiary/aromatic N) is 1. The Morgan fingerprint density at radius 3 is 2.36 bits per heavy atom. The first-order chi connectivity index (χ1) is 12.3. The van der Waals surface area contributed by atoms with E-state index in [9.17, 15) is 0 Å². The standard InChI is InChI=1S/C20H27N3O2/c1-3-21-20(22-13-14-25-19-7-5-4-6-8-19)23-15-17-9-11-18(12-10-17)16-24-2/h4-12H,3,13-16H2,1-2H3,(H2,21,22,23). The van der Waals surface area contributed by atoms with Crippen molar-refractivity contribution in [3.05, 3.63) is 65.7 Å². The molecule has 0 heterocycles. The van der Waals surface area contributed by atoms with Crippen molar-refractivity contribution < 1.29 is 9.47 Å². The quantitative estimate of drug-likeness (QED) is 0.418. The molecule has 0 aliphatic heterocycles. The molecule has 134 valence electrons. The van der Waals surface area contributed by atoms with E-state index in [1.165, 1.54) is 5.56 Å². The number of benzene rings is 2. The molecule has 2 aromatic rings. The Morgan fingerprint density at radius 2 is 1.68 bits per heavy atom. The normalized spacial score (nSPS) is 11.2. The van der Waals surface area contributed by atoms with E-state index in [1.54, 1.807) is 7.11 Å². The fourth-order valence-corrected chi connectivity index (χ4v) is 2.27. The molecule has 0 aliphatic rings. The molecule has 0 saturated heterocycles. The van der Waals surface area contributed by atoms with Crippen molar-refractivity contribution in [3.63, 3.8) is 0 Å². The van der Waals surface area contributed by atoms with Crippen LogP contribution in [0, 0.1) is 0 Å². The molecule has 5 heteroatoms. The third-order valence-corrected chi connectivity index (χ3v) is 3.50. The lowest BCUT2D eigenvalue weighted by Gasteiger charge is -2.12. The van der Waals surface area contributed by atoms with Gasteiger partial charge in [0, 0.05) is 13.7 Å². The average Bonchev–Trinajstić information content (AvgIpc) is 2.65. The van der Waals surface area contributed by atoms with E-state index >= 15 is 0 Å². The molecule has 2 rings (SSSR count). The first kappa shape index (κ1) is 18.8. The maximum Gasteiger partial charge on any atom is 0.191 e. The summed E-state index contributed by atoms with van der Waals surface area (Å²) in [6, 6.07) is 18.1. The van der Waals surface area contributed by atoms with Gasteiger partial charge >= 0.3 is 0 Å².